The molecule has 0 aliphatic heterocycles. The lowest BCUT2D eigenvalue weighted by atomic mass is 10.1. The van der Waals surface area contributed by atoms with Crippen LogP contribution in [0.2, 0.25) is 0 Å². The molecular formula is C12H15F3O. The van der Waals surface area contributed by atoms with E-state index in [1.165, 1.54) is 6.07 Å². The van der Waals surface area contributed by atoms with Crippen molar-refractivity contribution in [1.82, 2.24) is 0 Å². The van der Waals surface area contributed by atoms with Gasteiger partial charge < -0.3 is 4.74 Å². The summed E-state index contributed by atoms with van der Waals surface area (Å²) in [4.78, 5) is 0. The van der Waals surface area contributed by atoms with Crippen LogP contribution < -0.4 is 4.74 Å². The van der Waals surface area contributed by atoms with Crippen LogP contribution in [0.4, 0.5) is 13.2 Å². The normalized spacial score (nSPS) is 13.6. The molecule has 16 heavy (non-hydrogen) atoms. The number of aryl methyl sites for hydroxylation is 1. The van der Waals surface area contributed by atoms with Crippen LogP contribution in [0.3, 0.4) is 0 Å². The molecule has 0 amide bonds. The van der Waals surface area contributed by atoms with Gasteiger partial charge in [-0.15, -0.1) is 0 Å². The molecular weight excluding hydrogens is 217 g/mol. The van der Waals surface area contributed by atoms with Crippen molar-refractivity contribution in [2.24, 2.45) is 0 Å². The molecule has 0 aromatic heterocycles. The number of halogens is 3. The zero-order valence-corrected chi connectivity index (χ0v) is 9.56. The van der Waals surface area contributed by atoms with E-state index < -0.39 is 11.7 Å². The lowest BCUT2D eigenvalue weighted by molar-refractivity contribution is -0.139. The van der Waals surface area contributed by atoms with Crippen molar-refractivity contribution in [3.05, 3.63) is 29.3 Å². The lowest BCUT2D eigenvalue weighted by Gasteiger charge is -2.18. The fraction of sp³-hybridized carbons (Fsp3) is 0.500. The van der Waals surface area contributed by atoms with Gasteiger partial charge in [-0.2, -0.15) is 13.2 Å². The molecule has 4 heteroatoms. The first-order valence-corrected chi connectivity index (χ1v) is 5.19. The summed E-state index contributed by atoms with van der Waals surface area (Å²) in [5.41, 5.74) is -0.128. The van der Waals surface area contributed by atoms with Gasteiger partial charge in [0.25, 0.3) is 0 Å². The molecule has 1 nitrogen and oxygen atoms in total. The van der Waals surface area contributed by atoms with Gasteiger partial charge in [0.05, 0.1) is 11.7 Å². The molecule has 0 radical (unpaired) electrons. The fourth-order valence-electron chi connectivity index (χ4n) is 1.27. The Hall–Kier alpha value is -1.19. The first kappa shape index (κ1) is 12.9. The van der Waals surface area contributed by atoms with Crippen LogP contribution in [0.1, 0.15) is 31.4 Å². The Bertz CT molecular complexity index is 358. The Morgan fingerprint density at radius 3 is 2.44 bits per heavy atom. The zero-order chi connectivity index (χ0) is 12.3. The van der Waals surface area contributed by atoms with Gasteiger partial charge in [0.2, 0.25) is 0 Å². The van der Waals surface area contributed by atoms with E-state index >= 15 is 0 Å². The topological polar surface area (TPSA) is 9.23 Å². The minimum Gasteiger partial charge on any atom is -0.490 e. The van der Waals surface area contributed by atoms with E-state index in [-0.39, 0.29) is 11.9 Å². The molecule has 1 unspecified atom stereocenters. The molecule has 0 heterocycles. The molecule has 0 saturated heterocycles. The van der Waals surface area contributed by atoms with Crippen molar-refractivity contribution < 1.29 is 17.9 Å². The van der Waals surface area contributed by atoms with Crippen molar-refractivity contribution >= 4 is 0 Å². The highest BCUT2D eigenvalue weighted by atomic mass is 19.4. The van der Waals surface area contributed by atoms with Crippen molar-refractivity contribution in [3.63, 3.8) is 0 Å². The number of benzene rings is 1. The van der Waals surface area contributed by atoms with Crippen molar-refractivity contribution in [2.45, 2.75) is 39.5 Å². The monoisotopic (exact) mass is 232 g/mol. The summed E-state index contributed by atoms with van der Waals surface area (Å²) in [7, 11) is 0. The predicted molar refractivity (Wildman–Crippen MR) is 56.6 cm³/mol. The van der Waals surface area contributed by atoms with Crippen LogP contribution in [-0.4, -0.2) is 6.10 Å². The molecule has 0 bridgehead atoms. The van der Waals surface area contributed by atoms with Crippen LogP contribution in [0, 0.1) is 6.92 Å². The highest BCUT2D eigenvalue weighted by Crippen LogP contribution is 2.37. The minimum absolute atomic E-state index is 0.0903. The summed E-state index contributed by atoms with van der Waals surface area (Å²) in [6.07, 6.45) is -3.91. The molecule has 0 aliphatic carbocycles. The average molecular weight is 232 g/mol. The number of rotatable bonds is 3. The summed E-state index contributed by atoms with van der Waals surface area (Å²) in [6.45, 7) is 5.24. The van der Waals surface area contributed by atoms with Crippen molar-refractivity contribution in [3.8, 4) is 5.75 Å². The van der Waals surface area contributed by atoms with E-state index in [1.54, 1.807) is 19.9 Å². The van der Waals surface area contributed by atoms with Gasteiger partial charge in [-0.25, -0.2) is 0 Å². The molecule has 1 aromatic carbocycles. The second kappa shape index (κ2) is 4.76. The number of hydrogen-bond donors (Lipinski definition) is 0. The van der Waals surface area contributed by atoms with E-state index in [9.17, 15) is 13.2 Å². The molecule has 0 spiro atoms. The maximum Gasteiger partial charge on any atom is 0.419 e. The maximum atomic E-state index is 12.7. The van der Waals surface area contributed by atoms with Crippen LogP contribution in [0.5, 0.6) is 5.75 Å². The van der Waals surface area contributed by atoms with Crippen LogP contribution in [0.15, 0.2) is 18.2 Å². The number of hydrogen-bond acceptors (Lipinski definition) is 1. The third-order valence-corrected chi connectivity index (χ3v) is 2.34. The first-order valence-electron chi connectivity index (χ1n) is 5.19. The zero-order valence-electron chi connectivity index (χ0n) is 9.56. The Morgan fingerprint density at radius 2 is 1.94 bits per heavy atom. The molecule has 0 saturated carbocycles. The molecule has 0 fully saturated rings. The largest absolute Gasteiger partial charge is 0.490 e. The summed E-state index contributed by atoms with van der Waals surface area (Å²) in [6, 6.07) is 4.11. The van der Waals surface area contributed by atoms with Gasteiger partial charge in [0, 0.05) is 0 Å². The van der Waals surface area contributed by atoms with Gasteiger partial charge in [-0.3, -0.25) is 0 Å². The van der Waals surface area contributed by atoms with Gasteiger partial charge in [0.1, 0.15) is 5.75 Å². The summed E-state index contributed by atoms with van der Waals surface area (Å²) >= 11 is 0. The van der Waals surface area contributed by atoms with E-state index in [4.69, 9.17) is 4.74 Å². The van der Waals surface area contributed by atoms with Crippen LogP contribution >= 0.6 is 0 Å². The molecule has 1 rings (SSSR count). The highest BCUT2D eigenvalue weighted by molar-refractivity contribution is 5.39. The van der Waals surface area contributed by atoms with E-state index in [0.717, 1.165) is 6.07 Å². The number of ether oxygens (including phenoxy) is 1. The van der Waals surface area contributed by atoms with Gasteiger partial charge >= 0.3 is 6.18 Å². The SMILES string of the molecule is CCC(C)Oc1ccc(C)cc1C(F)(F)F. The second-order valence-corrected chi connectivity index (χ2v) is 3.83. The average Bonchev–Trinajstić information content (AvgIpc) is 2.19. The van der Waals surface area contributed by atoms with Gasteiger partial charge in [-0.05, 0) is 32.4 Å². The van der Waals surface area contributed by atoms with Crippen LogP contribution in [-0.2, 0) is 6.18 Å². The third-order valence-electron chi connectivity index (χ3n) is 2.34. The molecule has 0 N–H and O–H groups in total. The second-order valence-electron chi connectivity index (χ2n) is 3.83. The maximum absolute atomic E-state index is 12.7. The fourth-order valence-corrected chi connectivity index (χ4v) is 1.27. The first-order chi connectivity index (χ1) is 7.34. The number of alkyl halides is 3. The lowest BCUT2D eigenvalue weighted by Crippen LogP contribution is -2.15. The smallest absolute Gasteiger partial charge is 0.419 e. The highest BCUT2D eigenvalue weighted by Gasteiger charge is 2.34. The Labute approximate surface area is 93.2 Å². The van der Waals surface area contributed by atoms with Gasteiger partial charge in [0.15, 0.2) is 0 Å². The Kier molecular flexibility index (Phi) is 3.83. The molecule has 90 valence electrons. The van der Waals surface area contributed by atoms with E-state index in [2.05, 4.69) is 0 Å². The molecule has 1 atom stereocenters. The predicted octanol–water partition coefficient (Wildman–Crippen LogP) is 4.19. The summed E-state index contributed by atoms with van der Waals surface area (Å²) < 4.78 is 43.4. The Morgan fingerprint density at radius 1 is 1.31 bits per heavy atom. The van der Waals surface area contributed by atoms with Crippen LogP contribution in [0.25, 0.3) is 0 Å². The van der Waals surface area contributed by atoms with Gasteiger partial charge in [-0.1, -0.05) is 18.6 Å². The Balaban J connectivity index is 3.08. The molecule has 1 aromatic rings. The molecule has 0 aliphatic rings. The van der Waals surface area contributed by atoms with Crippen molar-refractivity contribution in [2.75, 3.05) is 0 Å². The van der Waals surface area contributed by atoms with Crippen molar-refractivity contribution in [1.29, 1.82) is 0 Å². The summed E-state index contributed by atoms with van der Waals surface area (Å²) in [5.74, 6) is -0.0903. The quantitative estimate of drug-likeness (QED) is 0.759. The van der Waals surface area contributed by atoms with E-state index in [1.807, 2.05) is 6.92 Å². The minimum atomic E-state index is -4.37. The standard InChI is InChI=1S/C12H15F3O/c1-4-9(3)16-11-6-5-8(2)7-10(11)12(13,14)15/h5-7,9H,4H2,1-3H3. The van der Waals surface area contributed by atoms with E-state index in [0.29, 0.717) is 12.0 Å². The summed E-state index contributed by atoms with van der Waals surface area (Å²) in [5, 5.41) is 0. The third kappa shape index (κ3) is 3.15.